The lowest BCUT2D eigenvalue weighted by molar-refractivity contribution is 0.184. The number of fused-ring (bicyclic) bond motifs is 1. The van der Waals surface area contributed by atoms with Gasteiger partial charge in [-0.2, -0.15) is 4.98 Å². The molecule has 3 heterocycles. The molecule has 2 aromatic heterocycles. The minimum Gasteiger partial charge on any atom is -0.492 e. The van der Waals surface area contributed by atoms with Crippen LogP contribution in [-0.2, 0) is 9.84 Å². The highest BCUT2D eigenvalue weighted by molar-refractivity contribution is 7.92. The first-order valence-electron chi connectivity index (χ1n) is 11.2. The Morgan fingerprint density at radius 2 is 1.68 bits per heavy atom. The van der Waals surface area contributed by atoms with Crippen LogP contribution in [0.15, 0.2) is 77.8 Å². The lowest BCUT2D eigenvalue weighted by atomic mass is 10.1. The zero-order chi connectivity index (χ0) is 23.4. The van der Waals surface area contributed by atoms with Crippen LogP contribution < -0.4 is 9.47 Å². The molecule has 0 radical (unpaired) electrons. The largest absolute Gasteiger partial charge is 0.492 e. The molecule has 5 rings (SSSR count). The van der Waals surface area contributed by atoms with Gasteiger partial charge in [-0.25, -0.2) is 13.4 Å². The van der Waals surface area contributed by atoms with E-state index in [0.29, 0.717) is 40.9 Å². The Balaban J connectivity index is 1.07. The van der Waals surface area contributed by atoms with E-state index in [9.17, 15) is 8.42 Å². The molecule has 2 aromatic carbocycles. The monoisotopic (exact) mass is 495 g/mol. The van der Waals surface area contributed by atoms with E-state index in [-0.39, 0.29) is 5.25 Å². The number of ether oxygens (including phenoxy) is 2. The summed E-state index contributed by atoms with van der Waals surface area (Å²) in [6, 6.07) is 20.1. The van der Waals surface area contributed by atoms with Crippen LogP contribution in [-0.4, -0.2) is 54.8 Å². The van der Waals surface area contributed by atoms with Gasteiger partial charge in [0.2, 0.25) is 0 Å². The molecule has 0 unspecified atom stereocenters. The van der Waals surface area contributed by atoms with Crippen molar-refractivity contribution in [2.24, 2.45) is 0 Å². The Hall–Kier alpha value is -3.01. The highest BCUT2D eigenvalue weighted by Gasteiger charge is 2.31. The average Bonchev–Trinajstić information content (AvgIpc) is 3.28. The quantitative estimate of drug-likeness (QED) is 0.347. The molecule has 34 heavy (non-hydrogen) atoms. The number of benzene rings is 2. The summed E-state index contributed by atoms with van der Waals surface area (Å²) in [6.45, 7) is 2.81. The standard InChI is InChI=1S/C25H25N3O4S2/c29-34(30,21-5-2-1-3-6-21)22-12-15-28(16-13-22)17-18-31-19-8-10-20(11-9-19)32-25-27-24-23(33-25)7-4-14-26-24/h1-11,14,22H,12-13,15-18H2. The van der Waals surface area contributed by atoms with Crippen molar-refractivity contribution in [3.8, 4) is 16.7 Å². The number of hydrogen-bond acceptors (Lipinski definition) is 8. The van der Waals surface area contributed by atoms with Crippen molar-refractivity contribution in [3.63, 3.8) is 0 Å². The number of hydrogen-bond donors (Lipinski definition) is 0. The van der Waals surface area contributed by atoms with Crippen LogP contribution in [0.1, 0.15) is 12.8 Å². The molecule has 1 aliphatic rings. The van der Waals surface area contributed by atoms with Crippen LogP contribution in [0.25, 0.3) is 10.3 Å². The fraction of sp³-hybridized carbons (Fsp3) is 0.280. The maximum atomic E-state index is 12.8. The molecule has 1 fully saturated rings. The maximum absolute atomic E-state index is 12.8. The van der Waals surface area contributed by atoms with E-state index in [0.717, 1.165) is 30.1 Å². The Labute approximate surface area is 202 Å². The molecule has 0 amide bonds. The second-order valence-corrected chi connectivity index (χ2v) is 11.3. The van der Waals surface area contributed by atoms with E-state index < -0.39 is 9.84 Å². The molecule has 4 aromatic rings. The predicted molar refractivity (Wildman–Crippen MR) is 133 cm³/mol. The van der Waals surface area contributed by atoms with Gasteiger partial charge >= 0.3 is 0 Å². The maximum Gasteiger partial charge on any atom is 0.281 e. The highest BCUT2D eigenvalue weighted by Crippen LogP contribution is 2.31. The molecule has 1 aliphatic heterocycles. The third-order valence-electron chi connectivity index (χ3n) is 5.90. The smallest absolute Gasteiger partial charge is 0.281 e. The van der Waals surface area contributed by atoms with Crippen LogP contribution in [0.4, 0.5) is 0 Å². The molecular formula is C25H25N3O4S2. The Morgan fingerprint density at radius 3 is 2.41 bits per heavy atom. The zero-order valence-corrected chi connectivity index (χ0v) is 20.2. The van der Waals surface area contributed by atoms with Gasteiger partial charge in [0.1, 0.15) is 18.1 Å². The van der Waals surface area contributed by atoms with E-state index in [1.807, 2.05) is 42.5 Å². The summed E-state index contributed by atoms with van der Waals surface area (Å²) in [4.78, 5) is 11.3. The minimum atomic E-state index is -3.26. The molecule has 9 heteroatoms. The molecule has 0 aliphatic carbocycles. The summed E-state index contributed by atoms with van der Waals surface area (Å²) in [5, 5.41) is 0.242. The third-order valence-corrected chi connectivity index (χ3v) is 9.06. The first-order chi connectivity index (χ1) is 16.6. The fourth-order valence-corrected chi connectivity index (χ4v) is 6.58. The van der Waals surface area contributed by atoms with E-state index in [1.54, 1.807) is 30.5 Å². The van der Waals surface area contributed by atoms with Crippen LogP contribution in [0.3, 0.4) is 0 Å². The normalized spacial score (nSPS) is 15.4. The Kier molecular flexibility index (Phi) is 6.75. The second-order valence-electron chi connectivity index (χ2n) is 8.13. The third kappa shape index (κ3) is 5.22. The summed E-state index contributed by atoms with van der Waals surface area (Å²) in [6.07, 6.45) is 3.00. The average molecular weight is 496 g/mol. The number of sulfone groups is 1. The molecule has 0 bridgehead atoms. The van der Waals surface area contributed by atoms with Gasteiger partial charge in [0.25, 0.3) is 5.19 Å². The van der Waals surface area contributed by atoms with Gasteiger partial charge in [0.15, 0.2) is 15.5 Å². The lowest BCUT2D eigenvalue weighted by Gasteiger charge is -2.31. The summed E-state index contributed by atoms with van der Waals surface area (Å²) in [5.74, 6) is 1.45. The van der Waals surface area contributed by atoms with Gasteiger partial charge in [-0.1, -0.05) is 29.5 Å². The molecule has 0 spiro atoms. The van der Waals surface area contributed by atoms with Crippen molar-refractivity contribution < 1.29 is 17.9 Å². The number of aromatic nitrogens is 2. The summed E-state index contributed by atoms with van der Waals surface area (Å²) >= 11 is 1.46. The van der Waals surface area contributed by atoms with Crippen molar-refractivity contribution in [2.75, 3.05) is 26.2 Å². The van der Waals surface area contributed by atoms with Crippen molar-refractivity contribution in [2.45, 2.75) is 23.0 Å². The molecule has 1 saturated heterocycles. The van der Waals surface area contributed by atoms with Gasteiger partial charge in [-0.05, 0) is 74.5 Å². The lowest BCUT2D eigenvalue weighted by Crippen LogP contribution is -2.41. The molecule has 0 N–H and O–H groups in total. The topological polar surface area (TPSA) is 81.6 Å². The summed E-state index contributed by atoms with van der Waals surface area (Å²) in [7, 11) is -3.26. The van der Waals surface area contributed by atoms with Crippen molar-refractivity contribution in [1.29, 1.82) is 0 Å². The van der Waals surface area contributed by atoms with E-state index in [2.05, 4.69) is 14.9 Å². The van der Waals surface area contributed by atoms with E-state index in [4.69, 9.17) is 9.47 Å². The molecule has 7 nitrogen and oxygen atoms in total. The van der Waals surface area contributed by atoms with Crippen LogP contribution in [0.5, 0.6) is 16.7 Å². The number of nitrogens with zero attached hydrogens (tertiary/aromatic N) is 3. The van der Waals surface area contributed by atoms with Crippen molar-refractivity contribution >= 4 is 31.5 Å². The Bertz CT molecular complexity index is 1300. The van der Waals surface area contributed by atoms with Crippen molar-refractivity contribution in [1.82, 2.24) is 14.9 Å². The summed E-state index contributed by atoms with van der Waals surface area (Å²) in [5.41, 5.74) is 0.684. The fourth-order valence-electron chi connectivity index (χ4n) is 4.04. The van der Waals surface area contributed by atoms with Crippen LogP contribution in [0, 0.1) is 0 Å². The Morgan fingerprint density at radius 1 is 0.941 bits per heavy atom. The van der Waals surface area contributed by atoms with Crippen molar-refractivity contribution in [3.05, 3.63) is 72.9 Å². The molecule has 0 atom stereocenters. The molecule has 0 saturated carbocycles. The number of thiazole rings is 1. The molecule has 176 valence electrons. The highest BCUT2D eigenvalue weighted by atomic mass is 32.2. The predicted octanol–water partition coefficient (Wildman–Crippen LogP) is 4.80. The van der Waals surface area contributed by atoms with Crippen LogP contribution >= 0.6 is 11.3 Å². The van der Waals surface area contributed by atoms with Gasteiger partial charge in [-0.15, -0.1) is 0 Å². The van der Waals surface area contributed by atoms with Crippen LogP contribution in [0.2, 0.25) is 0 Å². The summed E-state index contributed by atoms with van der Waals surface area (Å²) < 4.78 is 38.4. The van der Waals surface area contributed by atoms with Gasteiger partial charge in [0, 0.05) is 12.7 Å². The second kappa shape index (κ2) is 10.1. The number of pyridine rings is 1. The van der Waals surface area contributed by atoms with Gasteiger partial charge in [0.05, 0.1) is 14.8 Å². The SMILES string of the molecule is O=S(=O)(c1ccccc1)C1CCN(CCOc2ccc(Oc3nc4ncccc4s3)cc2)CC1. The van der Waals surface area contributed by atoms with E-state index in [1.165, 1.54) is 11.3 Å². The van der Waals surface area contributed by atoms with E-state index >= 15 is 0 Å². The van der Waals surface area contributed by atoms with Gasteiger partial charge in [-0.3, -0.25) is 4.90 Å². The van der Waals surface area contributed by atoms with Gasteiger partial charge < -0.3 is 9.47 Å². The molecular weight excluding hydrogens is 470 g/mol. The first kappa shape index (κ1) is 22.8. The number of likely N-dealkylation sites (tertiary alicyclic amines) is 1. The zero-order valence-electron chi connectivity index (χ0n) is 18.5. The minimum absolute atomic E-state index is 0.314. The number of piperidine rings is 1. The number of rotatable bonds is 8. The first-order valence-corrected chi connectivity index (χ1v) is 13.6.